The number of hydrogen-bond acceptors (Lipinski definition) is 5. The maximum absolute atomic E-state index is 12.9. The van der Waals surface area contributed by atoms with E-state index in [9.17, 15) is 4.79 Å². The first-order valence-electron chi connectivity index (χ1n) is 10.9. The summed E-state index contributed by atoms with van der Waals surface area (Å²) in [5, 5.41) is 3.15. The summed E-state index contributed by atoms with van der Waals surface area (Å²) in [6.07, 6.45) is 5.55. The molecular weight excluding hydrogens is 402 g/mol. The molecule has 1 fully saturated rings. The van der Waals surface area contributed by atoms with Crippen molar-refractivity contribution in [3.05, 3.63) is 84.2 Å². The van der Waals surface area contributed by atoms with E-state index in [2.05, 4.69) is 34.4 Å². The number of amides is 1. The number of carbonyl (C=O) groups is 1. The molecule has 4 rings (SSSR count). The number of carbonyl (C=O) groups excluding carboxylic acids is 1. The second kappa shape index (κ2) is 10.3. The third-order valence-electron chi connectivity index (χ3n) is 5.97. The van der Waals surface area contributed by atoms with Gasteiger partial charge in [0.15, 0.2) is 0 Å². The van der Waals surface area contributed by atoms with E-state index in [-0.39, 0.29) is 11.9 Å². The highest BCUT2D eigenvalue weighted by Gasteiger charge is 2.30. The summed E-state index contributed by atoms with van der Waals surface area (Å²) in [5.74, 6) is 2.41. The average Bonchev–Trinajstić information content (AvgIpc) is 2.83. The number of nitrogens with zero attached hydrogens (tertiary/aromatic N) is 2. The number of methoxy groups -OCH3 is 1. The third-order valence-corrected chi connectivity index (χ3v) is 5.97. The Kier molecular flexibility index (Phi) is 7.02. The first kappa shape index (κ1) is 21.8. The van der Waals surface area contributed by atoms with Gasteiger partial charge in [-0.3, -0.25) is 14.7 Å². The maximum atomic E-state index is 12.9. The first-order valence-corrected chi connectivity index (χ1v) is 10.9. The number of rotatable bonds is 7. The number of likely N-dealkylation sites (tertiary alicyclic amines) is 1. The van der Waals surface area contributed by atoms with Crippen LogP contribution in [-0.4, -0.2) is 43.0 Å². The van der Waals surface area contributed by atoms with Gasteiger partial charge in [-0.1, -0.05) is 18.2 Å². The van der Waals surface area contributed by atoms with Crippen molar-refractivity contribution in [1.82, 2.24) is 15.2 Å². The minimum atomic E-state index is -0.0908. The molecule has 1 amide bonds. The predicted molar refractivity (Wildman–Crippen MR) is 124 cm³/mol. The fraction of sp³-hybridized carbons (Fsp3) is 0.308. The van der Waals surface area contributed by atoms with Gasteiger partial charge in [-0.15, -0.1) is 0 Å². The summed E-state index contributed by atoms with van der Waals surface area (Å²) >= 11 is 0. The highest BCUT2D eigenvalue weighted by molar-refractivity contribution is 5.94. The van der Waals surface area contributed by atoms with Crippen LogP contribution in [-0.2, 0) is 0 Å². The summed E-state index contributed by atoms with van der Waals surface area (Å²) in [6, 6.07) is 19.3. The van der Waals surface area contributed by atoms with Crippen molar-refractivity contribution in [3.63, 3.8) is 0 Å². The lowest BCUT2D eigenvalue weighted by atomic mass is 9.85. The van der Waals surface area contributed by atoms with Gasteiger partial charge >= 0.3 is 0 Å². The molecule has 1 aliphatic rings. The van der Waals surface area contributed by atoms with Gasteiger partial charge in [-0.05, 0) is 80.4 Å². The van der Waals surface area contributed by atoms with Crippen LogP contribution >= 0.6 is 0 Å². The summed E-state index contributed by atoms with van der Waals surface area (Å²) < 4.78 is 11.1. The second-order valence-electron chi connectivity index (χ2n) is 8.12. The van der Waals surface area contributed by atoms with Gasteiger partial charge < -0.3 is 14.8 Å². The molecule has 0 radical (unpaired) electrons. The summed E-state index contributed by atoms with van der Waals surface area (Å²) in [5.41, 5.74) is 1.83. The third kappa shape index (κ3) is 5.26. The molecule has 1 N–H and O–H groups in total. The van der Waals surface area contributed by atoms with Crippen LogP contribution in [0.25, 0.3) is 0 Å². The van der Waals surface area contributed by atoms with Gasteiger partial charge in [0.2, 0.25) is 0 Å². The molecule has 32 heavy (non-hydrogen) atoms. The summed E-state index contributed by atoms with van der Waals surface area (Å²) in [4.78, 5) is 19.3. The van der Waals surface area contributed by atoms with E-state index in [4.69, 9.17) is 9.47 Å². The fourth-order valence-electron chi connectivity index (χ4n) is 4.37. The Morgan fingerprint density at radius 1 is 1.06 bits per heavy atom. The minimum absolute atomic E-state index is 0.0908. The quantitative estimate of drug-likeness (QED) is 0.588. The highest BCUT2D eigenvalue weighted by atomic mass is 16.5. The van der Waals surface area contributed by atoms with E-state index < -0.39 is 0 Å². The Balaban J connectivity index is 1.42. The normalized spacial score (nSPS) is 18.7. The molecule has 2 unspecified atom stereocenters. The fourth-order valence-corrected chi connectivity index (χ4v) is 4.37. The van der Waals surface area contributed by atoms with Crippen molar-refractivity contribution in [2.45, 2.75) is 18.9 Å². The van der Waals surface area contributed by atoms with Crippen LogP contribution in [0.2, 0.25) is 0 Å². The number of hydrogen-bond donors (Lipinski definition) is 1. The molecule has 2 heterocycles. The Morgan fingerprint density at radius 2 is 1.84 bits per heavy atom. The molecule has 1 saturated heterocycles. The van der Waals surface area contributed by atoms with Crippen LogP contribution in [0.5, 0.6) is 17.2 Å². The van der Waals surface area contributed by atoms with Crippen molar-refractivity contribution < 1.29 is 14.3 Å². The first-order chi connectivity index (χ1) is 15.6. The van der Waals surface area contributed by atoms with Crippen LogP contribution < -0.4 is 14.8 Å². The molecule has 3 aromatic rings. The van der Waals surface area contributed by atoms with Crippen molar-refractivity contribution in [1.29, 1.82) is 0 Å². The van der Waals surface area contributed by atoms with Crippen LogP contribution in [0.15, 0.2) is 73.1 Å². The maximum Gasteiger partial charge on any atom is 0.251 e. The lowest BCUT2D eigenvalue weighted by Crippen LogP contribution is -2.41. The molecule has 166 valence electrons. The Labute approximate surface area is 189 Å². The predicted octanol–water partition coefficient (Wildman–Crippen LogP) is 4.70. The average molecular weight is 432 g/mol. The zero-order valence-corrected chi connectivity index (χ0v) is 18.5. The number of piperidine rings is 1. The molecule has 6 heteroatoms. The Bertz CT molecular complexity index is 1020. The lowest BCUT2D eigenvalue weighted by molar-refractivity contribution is 0.0891. The van der Waals surface area contributed by atoms with Gasteiger partial charge in [-0.2, -0.15) is 0 Å². The zero-order chi connectivity index (χ0) is 22.3. The monoisotopic (exact) mass is 431 g/mol. The van der Waals surface area contributed by atoms with Crippen molar-refractivity contribution in [2.75, 3.05) is 27.2 Å². The Hall–Kier alpha value is -3.38. The summed E-state index contributed by atoms with van der Waals surface area (Å²) in [6.45, 7) is 1.67. The zero-order valence-electron chi connectivity index (χ0n) is 18.5. The largest absolute Gasteiger partial charge is 0.497 e. The smallest absolute Gasteiger partial charge is 0.251 e. The van der Waals surface area contributed by atoms with Crippen LogP contribution in [0.1, 0.15) is 34.8 Å². The number of benzene rings is 2. The number of ether oxygens (including phenoxy) is 2. The molecule has 2 atom stereocenters. The van der Waals surface area contributed by atoms with Gasteiger partial charge in [0.1, 0.15) is 17.2 Å². The second-order valence-corrected chi connectivity index (χ2v) is 8.12. The molecular formula is C26H29N3O3. The number of aromatic nitrogens is 1. The van der Waals surface area contributed by atoms with Crippen LogP contribution in [0.4, 0.5) is 0 Å². The molecule has 0 saturated carbocycles. The molecule has 1 aromatic heterocycles. The standard InChI is InChI=1S/C26H29N3O3/c1-29-16-4-6-21(25(29)19-8-10-22(31-2)11-9-19)18-28-26(30)20-5-3-7-24(17-20)32-23-12-14-27-15-13-23/h3,5,7-15,17,21,25H,4,6,16,18H2,1-2H3,(H,28,30). The van der Waals surface area contributed by atoms with Gasteiger partial charge in [0.05, 0.1) is 7.11 Å². The van der Waals surface area contributed by atoms with E-state index in [1.807, 2.05) is 30.3 Å². The van der Waals surface area contributed by atoms with Gasteiger partial charge in [0, 0.05) is 30.5 Å². The Morgan fingerprint density at radius 3 is 2.59 bits per heavy atom. The molecule has 0 spiro atoms. The molecule has 6 nitrogen and oxygen atoms in total. The van der Waals surface area contributed by atoms with E-state index >= 15 is 0 Å². The van der Waals surface area contributed by atoms with E-state index in [1.165, 1.54) is 5.56 Å². The lowest BCUT2D eigenvalue weighted by Gasteiger charge is -2.39. The molecule has 0 aliphatic carbocycles. The van der Waals surface area contributed by atoms with E-state index in [0.717, 1.165) is 25.1 Å². The van der Waals surface area contributed by atoms with Crippen molar-refractivity contribution in [3.8, 4) is 17.2 Å². The van der Waals surface area contributed by atoms with E-state index in [1.54, 1.807) is 37.7 Å². The highest BCUT2D eigenvalue weighted by Crippen LogP contribution is 2.35. The van der Waals surface area contributed by atoms with Crippen LogP contribution in [0.3, 0.4) is 0 Å². The van der Waals surface area contributed by atoms with Gasteiger partial charge in [-0.25, -0.2) is 0 Å². The van der Waals surface area contributed by atoms with Crippen LogP contribution in [0, 0.1) is 5.92 Å². The minimum Gasteiger partial charge on any atom is -0.497 e. The van der Waals surface area contributed by atoms with Crippen molar-refractivity contribution in [2.24, 2.45) is 5.92 Å². The molecule has 1 aliphatic heterocycles. The SMILES string of the molecule is COc1ccc(C2C(CNC(=O)c3cccc(Oc4ccncc4)c3)CCCN2C)cc1. The number of pyridine rings is 1. The topological polar surface area (TPSA) is 63.7 Å². The molecule has 0 bridgehead atoms. The van der Waals surface area contributed by atoms with E-state index in [0.29, 0.717) is 29.5 Å². The summed E-state index contributed by atoms with van der Waals surface area (Å²) in [7, 11) is 3.83. The van der Waals surface area contributed by atoms with Crippen molar-refractivity contribution >= 4 is 5.91 Å². The number of nitrogens with one attached hydrogen (secondary N) is 1. The molecule has 2 aromatic carbocycles. The van der Waals surface area contributed by atoms with Gasteiger partial charge in [0.25, 0.3) is 5.91 Å².